The van der Waals surface area contributed by atoms with E-state index in [2.05, 4.69) is 0 Å². The summed E-state index contributed by atoms with van der Waals surface area (Å²) in [5.41, 5.74) is 1.22. The molecule has 1 aliphatic rings. The molecule has 0 saturated carbocycles. The summed E-state index contributed by atoms with van der Waals surface area (Å²) >= 11 is 0. The third-order valence-electron chi connectivity index (χ3n) is 3.29. The molecule has 5 nitrogen and oxygen atoms in total. The minimum absolute atomic E-state index is 0.0836. The number of aromatic hydroxyl groups is 2. The smallest absolute Gasteiger partial charge is 0.162 e. The highest BCUT2D eigenvalue weighted by Gasteiger charge is 2.36. The number of carbonyl (C=O) groups excluding carboxylic acids is 1. The molecule has 1 fully saturated rings. The van der Waals surface area contributed by atoms with Gasteiger partial charge in [-0.05, 0) is 35.9 Å². The van der Waals surface area contributed by atoms with Crippen molar-refractivity contribution in [3.8, 4) is 17.2 Å². The van der Waals surface area contributed by atoms with Gasteiger partial charge >= 0.3 is 0 Å². The first-order valence-corrected chi connectivity index (χ1v) is 6.53. The highest BCUT2D eigenvalue weighted by atomic mass is 16.6. The topological polar surface area (TPSA) is 79.3 Å². The molecule has 0 bridgehead atoms. The van der Waals surface area contributed by atoms with Crippen LogP contribution in [-0.4, -0.2) is 29.2 Å². The van der Waals surface area contributed by atoms with Crippen molar-refractivity contribution in [2.24, 2.45) is 0 Å². The Balaban J connectivity index is 1.85. The van der Waals surface area contributed by atoms with Crippen molar-refractivity contribution in [3.63, 3.8) is 0 Å². The van der Waals surface area contributed by atoms with E-state index in [9.17, 15) is 15.0 Å². The van der Waals surface area contributed by atoms with Crippen molar-refractivity contribution < 1.29 is 24.5 Å². The number of carbonyl (C=O) groups is 1. The summed E-state index contributed by atoms with van der Waals surface area (Å²) in [6.45, 7) is 0.582. The maximum atomic E-state index is 10.7. The van der Waals surface area contributed by atoms with E-state index < -0.39 is 0 Å². The number of hydrogen-bond donors (Lipinski definition) is 2. The Hall–Kier alpha value is -2.53. The van der Waals surface area contributed by atoms with E-state index in [1.165, 1.54) is 6.07 Å². The van der Waals surface area contributed by atoms with E-state index in [1.807, 2.05) is 0 Å². The molecule has 0 radical (unpaired) electrons. The molecule has 2 atom stereocenters. The van der Waals surface area contributed by atoms with Crippen LogP contribution in [-0.2, 0) is 4.74 Å². The molecule has 3 rings (SSSR count). The molecule has 2 aromatic carbocycles. The number of hydrogen-bond acceptors (Lipinski definition) is 5. The van der Waals surface area contributed by atoms with Crippen molar-refractivity contribution in [2.75, 3.05) is 6.61 Å². The van der Waals surface area contributed by atoms with Gasteiger partial charge in [0, 0.05) is 5.56 Å². The van der Waals surface area contributed by atoms with Gasteiger partial charge in [-0.2, -0.15) is 0 Å². The summed E-state index contributed by atoms with van der Waals surface area (Å²) in [5.74, 6) is 0.366. The zero-order valence-corrected chi connectivity index (χ0v) is 11.1. The molecule has 1 heterocycles. The maximum absolute atomic E-state index is 10.7. The van der Waals surface area contributed by atoms with Crippen LogP contribution in [0.25, 0.3) is 0 Å². The minimum atomic E-state index is -0.376. The van der Waals surface area contributed by atoms with Gasteiger partial charge < -0.3 is 19.7 Å². The van der Waals surface area contributed by atoms with Crippen LogP contribution in [0.1, 0.15) is 22.0 Å². The van der Waals surface area contributed by atoms with Crippen molar-refractivity contribution in [2.45, 2.75) is 12.2 Å². The summed E-state index contributed by atoms with van der Waals surface area (Å²) in [5, 5.41) is 19.2. The van der Waals surface area contributed by atoms with E-state index in [0.717, 1.165) is 5.56 Å². The number of epoxide rings is 1. The van der Waals surface area contributed by atoms with E-state index in [1.54, 1.807) is 36.4 Å². The highest BCUT2D eigenvalue weighted by Crippen LogP contribution is 2.36. The van der Waals surface area contributed by atoms with Crippen LogP contribution in [0, 0.1) is 0 Å². The van der Waals surface area contributed by atoms with Gasteiger partial charge in [-0.15, -0.1) is 0 Å². The van der Waals surface area contributed by atoms with Gasteiger partial charge in [0.05, 0.1) is 6.61 Å². The average molecular weight is 286 g/mol. The lowest BCUT2D eigenvalue weighted by atomic mass is 10.1. The molecule has 0 unspecified atom stereocenters. The first-order chi connectivity index (χ1) is 10.2. The lowest BCUT2D eigenvalue weighted by Gasteiger charge is -2.18. The molecule has 1 saturated heterocycles. The lowest BCUT2D eigenvalue weighted by Crippen LogP contribution is -2.14. The summed E-state index contributed by atoms with van der Waals surface area (Å²) in [4.78, 5) is 10.7. The van der Waals surface area contributed by atoms with Crippen molar-refractivity contribution in [1.82, 2.24) is 0 Å². The van der Waals surface area contributed by atoms with Crippen LogP contribution >= 0.6 is 0 Å². The third-order valence-corrected chi connectivity index (χ3v) is 3.29. The number of rotatable bonds is 5. The Kier molecular flexibility index (Phi) is 3.50. The van der Waals surface area contributed by atoms with Crippen LogP contribution in [0.2, 0.25) is 0 Å². The number of phenols is 2. The predicted molar refractivity (Wildman–Crippen MR) is 74.7 cm³/mol. The molecule has 0 amide bonds. The van der Waals surface area contributed by atoms with Crippen LogP contribution in [0.3, 0.4) is 0 Å². The Labute approximate surface area is 121 Å². The van der Waals surface area contributed by atoms with Crippen LogP contribution in [0.5, 0.6) is 17.2 Å². The lowest BCUT2D eigenvalue weighted by molar-refractivity contribution is 0.112. The minimum Gasteiger partial charge on any atom is -0.508 e. The second-order valence-electron chi connectivity index (χ2n) is 4.85. The monoisotopic (exact) mass is 286 g/mol. The molecular formula is C16H14O5. The molecule has 2 N–H and O–H groups in total. The zero-order valence-electron chi connectivity index (χ0n) is 11.1. The predicted octanol–water partition coefficient (Wildman–Crippen LogP) is 2.43. The highest BCUT2D eigenvalue weighted by molar-refractivity contribution is 5.76. The Bertz CT molecular complexity index is 646. The molecular weight excluding hydrogens is 272 g/mol. The van der Waals surface area contributed by atoms with Crippen LogP contribution < -0.4 is 4.74 Å². The van der Waals surface area contributed by atoms with Crippen molar-refractivity contribution in [3.05, 3.63) is 53.6 Å². The van der Waals surface area contributed by atoms with E-state index in [4.69, 9.17) is 9.47 Å². The SMILES string of the molecule is O=Cc1ccc(O[C@H](c2ccc(O)cc2)[C@@H]2CO2)c(O)c1. The second kappa shape index (κ2) is 5.46. The van der Waals surface area contributed by atoms with Gasteiger partial charge in [-0.3, -0.25) is 4.79 Å². The van der Waals surface area contributed by atoms with E-state index in [0.29, 0.717) is 18.5 Å². The Morgan fingerprint density at radius 3 is 2.48 bits per heavy atom. The number of phenolic OH excluding ortho intramolecular Hbond substituents is 2. The fourth-order valence-corrected chi connectivity index (χ4v) is 2.10. The number of ether oxygens (including phenoxy) is 2. The van der Waals surface area contributed by atoms with Crippen LogP contribution in [0.4, 0.5) is 0 Å². The molecule has 108 valence electrons. The summed E-state index contributed by atoms with van der Waals surface area (Å²) in [7, 11) is 0. The molecule has 0 spiro atoms. The Morgan fingerprint density at radius 1 is 1.19 bits per heavy atom. The summed E-state index contributed by atoms with van der Waals surface area (Å²) < 4.78 is 11.1. The third kappa shape index (κ3) is 2.98. The second-order valence-corrected chi connectivity index (χ2v) is 4.85. The van der Waals surface area contributed by atoms with Gasteiger partial charge in [0.25, 0.3) is 0 Å². The quantitative estimate of drug-likeness (QED) is 0.652. The fraction of sp³-hybridized carbons (Fsp3) is 0.188. The maximum Gasteiger partial charge on any atom is 0.162 e. The summed E-state index contributed by atoms with van der Waals surface area (Å²) in [6, 6.07) is 11.1. The molecule has 21 heavy (non-hydrogen) atoms. The fourth-order valence-electron chi connectivity index (χ4n) is 2.10. The first kappa shape index (κ1) is 13.5. The molecule has 0 aliphatic carbocycles. The van der Waals surface area contributed by atoms with Gasteiger partial charge in [0.15, 0.2) is 17.6 Å². The molecule has 5 heteroatoms. The molecule has 2 aromatic rings. The zero-order chi connectivity index (χ0) is 14.8. The average Bonchev–Trinajstić information content (AvgIpc) is 3.32. The van der Waals surface area contributed by atoms with Crippen LogP contribution in [0.15, 0.2) is 42.5 Å². The molecule has 1 aliphatic heterocycles. The number of aldehydes is 1. The number of benzene rings is 2. The largest absolute Gasteiger partial charge is 0.508 e. The molecule has 0 aromatic heterocycles. The van der Waals surface area contributed by atoms with E-state index >= 15 is 0 Å². The Morgan fingerprint density at radius 2 is 1.90 bits per heavy atom. The van der Waals surface area contributed by atoms with Gasteiger partial charge in [-0.25, -0.2) is 0 Å². The van der Waals surface area contributed by atoms with Gasteiger partial charge in [0.2, 0.25) is 0 Å². The van der Waals surface area contributed by atoms with E-state index in [-0.39, 0.29) is 29.5 Å². The standard InChI is InChI=1S/C16H14O5/c17-8-10-1-6-14(13(19)7-10)21-16(15-9-20-15)11-2-4-12(18)5-3-11/h1-8,15-16,18-19H,9H2/t15-,16+/m0/s1. The first-order valence-electron chi connectivity index (χ1n) is 6.53. The van der Waals surface area contributed by atoms with Gasteiger partial charge in [-0.1, -0.05) is 12.1 Å². The normalized spacial score (nSPS) is 18.0. The van der Waals surface area contributed by atoms with Crippen molar-refractivity contribution in [1.29, 1.82) is 0 Å². The summed E-state index contributed by atoms with van der Waals surface area (Å²) in [6.07, 6.45) is 0.198. The van der Waals surface area contributed by atoms with Crippen molar-refractivity contribution >= 4 is 6.29 Å². The van der Waals surface area contributed by atoms with Gasteiger partial charge in [0.1, 0.15) is 18.1 Å².